The number of alkyl halides is 3. The standard InChI is InChI=1S/C19H18BrF4NO4S/c1-9-13(21)8-11(18(2,3)4)16(26)15(9)17(27)25-14-6-5-10(7-12(14)20)30(28,29)19(22,23)24/h5-8,26H,1-4H3,(H,25,27). The summed E-state index contributed by atoms with van der Waals surface area (Å²) in [6.07, 6.45) is 0. The van der Waals surface area contributed by atoms with Gasteiger partial charge in [0.2, 0.25) is 0 Å². The number of hydrogen-bond donors (Lipinski definition) is 2. The second kappa shape index (κ2) is 7.84. The summed E-state index contributed by atoms with van der Waals surface area (Å²) < 4.78 is 75.3. The number of carbonyl (C=O) groups excluding carboxylic acids is 1. The van der Waals surface area contributed by atoms with Crippen molar-refractivity contribution < 1.29 is 35.9 Å². The zero-order valence-corrected chi connectivity index (χ0v) is 18.7. The van der Waals surface area contributed by atoms with Gasteiger partial charge in [0.25, 0.3) is 15.7 Å². The lowest BCUT2D eigenvalue weighted by Gasteiger charge is -2.23. The summed E-state index contributed by atoms with van der Waals surface area (Å²) in [6, 6.07) is 3.46. The largest absolute Gasteiger partial charge is 0.507 e. The van der Waals surface area contributed by atoms with Crippen LogP contribution in [0.1, 0.15) is 42.3 Å². The van der Waals surface area contributed by atoms with E-state index in [1.807, 2.05) is 0 Å². The highest BCUT2D eigenvalue weighted by Crippen LogP contribution is 2.38. The third-order valence-corrected chi connectivity index (χ3v) is 6.48. The molecule has 0 fully saturated rings. The Labute approximate surface area is 179 Å². The quantitative estimate of drug-likeness (QED) is 0.537. The molecule has 0 aromatic heterocycles. The molecule has 0 radical (unpaired) electrons. The summed E-state index contributed by atoms with van der Waals surface area (Å²) in [5.41, 5.74) is -6.49. The van der Waals surface area contributed by atoms with Gasteiger partial charge < -0.3 is 10.4 Å². The van der Waals surface area contributed by atoms with E-state index in [0.717, 1.165) is 12.1 Å². The Balaban J connectivity index is 2.49. The summed E-state index contributed by atoms with van der Waals surface area (Å²) >= 11 is 2.92. The minimum absolute atomic E-state index is 0.0681. The number of amides is 1. The maximum atomic E-state index is 14.4. The van der Waals surface area contributed by atoms with Crippen LogP contribution >= 0.6 is 15.9 Å². The molecule has 30 heavy (non-hydrogen) atoms. The Morgan fingerprint density at radius 1 is 1.13 bits per heavy atom. The van der Waals surface area contributed by atoms with Gasteiger partial charge in [0, 0.05) is 15.6 Å². The van der Waals surface area contributed by atoms with E-state index in [9.17, 15) is 35.9 Å². The van der Waals surface area contributed by atoms with Crippen molar-refractivity contribution in [2.75, 3.05) is 5.32 Å². The molecule has 2 aromatic carbocycles. The smallest absolute Gasteiger partial charge is 0.501 e. The fourth-order valence-electron chi connectivity index (χ4n) is 2.67. The number of phenolic OH excluding ortho intramolecular Hbond substituents is 1. The highest BCUT2D eigenvalue weighted by atomic mass is 79.9. The van der Waals surface area contributed by atoms with Crippen LogP contribution in [0, 0.1) is 12.7 Å². The van der Waals surface area contributed by atoms with E-state index < -0.39 is 43.1 Å². The number of benzene rings is 2. The molecule has 164 valence electrons. The summed E-state index contributed by atoms with van der Waals surface area (Å²) in [6.45, 7) is 6.45. The van der Waals surface area contributed by atoms with Crippen LogP contribution < -0.4 is 5.32 Å². The van der Waals surface area contributed by atoms with Crippen LogP contribution in [0.25, 0.3) is 0 Å². The molecule has 11 heteroatoms. The molecule has 2 N–H and O–H groups in total. The second-order valence-electron chi connectivity index (χ2n) is 7.55. The van der Waals surface area contributed by atoms with E-state index in [4.69, 9.17) is 0 Å². The lowest BCUT2D eigenvalue weighted by molar-refractivity contribution is -0.0436. The molecule has 0 saturated carbocycles. The Morgan fingerprint density at radius 2 is 1.70 bits per heavy atom. The normalized spacial score (nSPS) is 12.7. The molecule has 0 atom stereocenters. The van der Waals surface area contributed by atoms with E-state index in [2.05, 4.69) is 21.2 Å². The molecule has 0 aliphatic heterocycles. The maximum Gasteiger partial charge on any atom is 0.501 e. The Morgan fingerprint density at radius 3 is 2.17 bits per heavy atom. The number of carbonyl (C=O) groups is 1. The van der Waals surface area contributed by atoms with Gasteiger partial charge in [-0.2, -0.15) is 13.2 Å². The Hall–Kier alpha value is -2.14. The molecule has 0 unspecified atom stereocenters. The van der Waals surface area contributed by atoms with Gasteiger partial charge in [-0.3, -0.25) is 4.79 Å². The van der Waals surface area contributed by atoms with Crippen LogP contribution in [0.5, 0.6) is 5.75 Å². The van der Waals surface area contributed by atoms with Gasteiger partial charge in [0.1, 0.15) is 11.6 Å². The average Bonchev–Trinajstić information content (AvgIpc) is 2.58. The molecule has 0 aliphatic rings. The molecule has 0 saturated heterocycles. The molecule has 0 spiro atoms. The first-order valence-electron chi connectivity index (χ1n) is 8.43. The van der Waals surface area contributed by atoms with Crippen LogP contribution in [0.4, 0.5) is 23.2 Å². The van der Waals surface area contributed by atoms with Gasteiger partial charge in [-0.25, -0.2) is 12.8 Å². The number of halogens is 5. The highest BCUT2D eigenvalue weighted by molar-refractivity contribution is 9.10. The summed E-state index contributed by atoms with van der Waals surface area (Å²) in [7, 11) is -5.57. The van der Waals surface area contributed by atoms with E-state index in [1.165, 1.54) is 6.92 Å². The first-order chi connectivity index (χ1) is 13.5. The lowest BCUT2D eigenvalue weighted by atomic mass is 9.84. The van der Waals surface area contributed by atoms with Gasteiger partial charge in [-0.15, -0.1) is 0 Å². The Bertz CT molecular complexity index is 1120. The zero-order chi connectivity index (χ0) is 23.2. The topological polar surface area (TPSA) is 83.5 Å². The summed E-state index contributed by atoms with van der Waals surface area (Å²) in [5.74, 6) is -2.05. The van der Waals surface area contributed by atoms with Crippen molar-refractivity contribution in [1.82, 2.24) is 0 Å². The van der Waals surface area contributed by atoms with Crippen molar-refractivity contribution in [3.05, 3.63) is 51.2 Å². The average molecular weight is 512 g/mol. The van der Waals surface area contributed by atoms with Crippen molar-refractivity contribution in [3.8, 4) is 5.75 Å². The molecule has 1 amide bonds. The predicted octanol–water partition coefficient (Wildman–Crippen LogP) is 5.45. The van der Waals surface area contributed by atoms with Crippen molar-refractivity contribution in [2.45, 2.75) is 43.5 Å². The highest BCUT2D eigenvalue weighted by Gasteiger charge is 2.47. The predicted molar refractivity (Wildman–Crippen MR) is 107 cm³/mol. The molecule has 2 aromatic rings. The van der Waals surface area contributed by atoms with Crippen LogP contribution in [0.15, 0.2) is 33.6 Å². The summed E-state index contributed by atoms with van der Waals surface area (Å²) in [4.78, 5) is 11.7. The van der Waals surface area contributed by atoms with Crippen molar-refractivity contribution in [1.29, 1.82) is 0 Å². The molecule has 0 bridgehead atoms. The monoisotopic (exact) mass is 511 g/mol. The van der Waals surface area contributed by atoms with Crippen LogP contribution in [0.3, 0.4) is 0 Å². The lowest BCUT2D eigenvalue weighted by Crippen LogP contribution is -2.23. The fraction of sp³-hybridized carbons (Fsp3) is 0.316. The second-order valence-corrected chi connectivity index (χ2v) is 10.3. The van der Waals surface area contributed by atoms with E-state index in [0.29, 0.717) is 12.1 Å². The number of aromatic hydroxyl groups is 1. The maximum absolute atomic E-state index is 14.4. The number of sulfone groups is 1. The number of hydrogen-bond acceptors (Lipinski definition) is 4. The molecule has 0 aliphatic carbocycles. The van der Waals surface area contributed by atoms with Gasteiger partial charge in [0.05, 0.1) is 16.1 Å². The van der Waals surface area contributed by atoms with Crippen molar-refractivity contribution in [3.63, 3.8) is 0 Å². The van der Waals surface area contributed by atoms with Gasteiger partial charge >= 0.3 is 5.51 Å². The summed E-state index contributed by atoms with van der Waals surface area (Å²) in [5, 5.41) is 12.9. The van der Waals surface area contributed by atoms with E-state index in [-0.39, 0.29) is 26.9 Å². The van der Waals surface area contributed by atoms with Crippen molar-refractivity contribution >= 4 is 37.4 Å². The first-order valence-corrected chi connectivity index (χ1v) is 10.7. The third-order valence-electron chi connectivity index (χ3n) is 4.34. The minimum atomic E-state index is -5.57. The molecular weight excluding hydrogens is 494 g/mol. The Kier molecular flexibility index (Phi) is 6.31. The van der Waals surface area contributed by atoms with Gasteiger partial charge in [0.15, 0.2) is 0 Å². The van der Waals surface area contributed by atoms with Gasteiger partial charge in [-0.05, 0) is 52.5 Å². The first kappa shape index (κ1) is 24.1. The fourth-order valence-corrected chi connectivity index (χ4v) is 4.08. The van der Waals surface area contributed by atoms with Crippen LogP contribution in [0.2, 0.25) is 0 Å². The number of rotatable bonds is 3. The van der Waals surface area contributed by atoms with E-state index >= 15 is 0 Å². The molecular formula is C19H18BrF4NO4S. The van der Waals surface area contributed by atoms with E-state index in [1.54, 1.807) is 20.8 Å². The van der Waals surface area contributed by atoms with Gasteiger partial charge in [-0.1, -0.05) is 20.8 Å². The zero-order valence-electron chi connectivity index (χ0n) is 16.3. The number of nitrogens with one attached hydrogen (secondary N) is 1. The number of anilines is 1. The van der Waals surface area contributed by atoms with Crippen LogP contribution in [-0.4, -0.2) is 24.9 Å². The molecule has 5 nitrogen and oxygen atoms in total. The van der Waals surface area contributed by atoms with Crippen LogP contribution in [-0.2, 0) is 15.3 Å². The minimum Gasteiger partial charge on any atom is -0.507 e. The SMILES string of the molecule is Cc1c(F)cc(C(C)(C)C)c(O)c1C(=O)Nc1ccc(S(=O)(=O)C(F)(F)F)cc1Br. The number of phenols is 1. The van der Waals surface area contributed by atoms with Crippen molar-refractivity contribution in [2.24, 2.45) is 0 Å². The third kappa shape index (κ3) is 4.46. The molecule has 0 heterocycles. The molecule has 2 rings (SSSR count).